The first-order valence-corrected chi connectivity index (χ1v) is 13.1. The minimum atomic E-state index is -3.71. The molecule has 34 heavy (non-hydrogen) atoms. The van der Waals surface area contributed by atoms with Crippen molar-refractivity contribution in [1.82, 2.24) is 14.9 Å². The zero-order valence-corrected chi connectivity index (χ0v) is 20.8. The van der Waals surface area contributed by atoms with E-state index in [0.717, 1.165) is 24.6 Å². The summed E-state index contributed by atoms with van der Waals surface area (Å²) in [7, 11) is -3.71. The lowest BCUT2D eigenvalue weighted by Crippen LogP contribution is -2.45. The van der Waals surface area contributed by atoms with Crippen LogP contribution in [0.5, 0.6) is 0 Å². The monoisotopic (exact) mass is 486 g/mol. The average molecular weight is 487 g/mol. The van der Waals surface area contributed by atoms with Gasteiger partial charge in [-0.3, -0.25) is 14.5 Å². The van der Waals surface area contributed by atoms with E-state index in [1.54, 1.807) is 24.3 Å². The topological polar surface area (TPSA) is 108 Å². The Hall–Kier alpha value is -2.75. The van der Waals surface area contributed by atoms with Crippen LogP contribution in [-0.4, -0.2) is 50.8 Å². The van der Waals surface area contributed by atoms with Gasteiger partial charge in [0.05, 0.1) is 4.90 Å². The van der Waals surface area contributed by atoms with Gasteiger partial charge in [-0.25, -0.2) is 13.1 Å². The van der Waals surface area contributed by atoms with Crippen LogP contribution in [0.15, 0.2) is 53.4 Å². The molecule has 1 heterocycles. The molecule has 1 atom stereocenters. The molecule has 0 aliphatic carbocycles. The van der Waals surface area contributed by atoms with E-state index >= 15 is 0 Å². The molecule has 1 aliphatic heterocycles. The molecule has 1 fully saturated rings. The third-order valence-electron chi connectivity index (χ3n) is 6.17. The Balaban J connectivity index is 1.49. The van der Waals surface area contributed by atoms with E-state index in [-0.39, 0.29) is 29.3 Å². The summed E-state index contributed by atoms with van der Waals surface area (Å²) in [4.78, 5) is 26.1. The molecule has 1 aliphatic rings. The van der Waals surface area contributed by atoms with Gasteiger partial charge in [-0.15, -0.1) is 0 Å². The summed E-state index contributed by atoms with van der Waals surface area (Å²) in [5.74, 6) is 0.414. The highest BCUT2D eigenvalue weighted by Crippen LogP contribution is 2.18. The number of benzene rings is 2. The molecule has 1 saturated heterocycles. The number of rotatable bonds is 9. The van der Waals surface area contributed by atoms with Gasteiger partial charge in [-0.1, -0.05) is 19.1 Å². The van der Waals surface area contributed by atoms with Crippen LogP contribution in [0.25, 0.3) is 0 Å². The molecule has 3 N–H and O–H groups in total. The average Bonchev–Trinajstić information content (AvgIpc) is 2.82. The zero-order chi connectivity index (χ0) is 24.7. The van der Waals surface area contributed by atoms with Crippen molar-refractivity contribution >= 4 is 27.5 Å². The van der Waals surface area contributed by atoms with Gasteiger partial charge < -0.3 is 10.6 Å². The Morgan fingerprint density at radius 1 is 1.03 bits per heavy atom. The van der Waals surface area contributed by atoms with Crippen molar-refractivity contribution in [2.24, 2.45) is 5.92 Å². The molecule has 184 valence electrons. The molecule has 0 saturated carbocycles. The third kappa shape index (κ3) is 7.38. The van der Waals surface area contributed by atoms with Crippen molar-refractivity contribution in [2.75, 3.05) is 25.0 Å². The summed E-state index contributed by atoms with van der Waals surface area (Å²) >= 11 is 0. The van der Waals surface area contributed by atoms with Crippen molar-refractivity contribution in [3.05, 3.63) is 59.7 Å². The van der Waals surface area contributed by atoms with E-state index < -0.39 is 10.0 Å². The lowest BCUT2D eigenvalue weighted by molar-refractivity contribution is -0.114. The highest BCUT2D eigenvalue weighted by atomic mass is 32.2. The largest absolute Gasteiger partial charge is 0.350 e. The molecular formula is C25H34N4O4S. The summed E-state index contributed by atoms with van der Waals surface area (Å²) in [6.07, 6.45) is 2.40. The Bertz CT molecular complexity index is 1080. The SMILES string of the molecule is CC(=O)Nc1ccc(S(=O)(=O)NCc2ccc(C(=O)NCC(C)N3CCC(C)CC3)cc2)cc1. The molecule has 0 aromatic heterocycles. The molecule has 3 rings (SSSR count). The quantitative estimate of drug-likeness (QED) is 0.505. The summed E-state index contributed by atoms with van der Waals surface area (Å²) in [5, 5.41) is 5.60. The maximum atomic E-state index is 12.5. The number of carbonyl (C=O) groups excluding carboxylic acids is 2. The molecule has 0 radical (unpaired) electrons. The van der Waals surface area contributed by atoms with Crippen molar-refractivity contribution in [3.8, 4) is 0 Å². The molecule has 2 aromatic carbocycles. The number of hydrogen-bond donors (Lipinski definition) is 3. The molecular weight excluding hydrogens is 452 g/mol. The lowest BCUT2D eigenvalue weighted by atomic mass is 9.98. The van der Waals surface area contributed by atoms with E-state index in [1.165, 1.54) is 44.0 Å². The Morgan fingerprint density at radius 2 is 1.65 bits per heavy atom. The van der Waals surface area contributed by atoms with Gasteiger partial charge >= 0.3 is 0 Å². The second kappa shape index (κ2) is 11.6. The Morgan fingerprint density at radius 3 is 2.24 bits per heavy atom. The van der Waals surface area contributed by atoms with Gasteiger partial charge in [0, 0.05) is 37.3 Å². The minimum absolute atomic E-state index is 0.0993. The van der Waals surface area contributed by atoms with Crippen LogP contribution in [-0.2, 0) is 21.4 Å². The predicted octanol–water partition coefficient (Wildman–Crippen LogP) is 2.97. The van der Waals surface area contributed by atoms with Crippen molar-refractivity contribution < 1.29 is 18.0 Å². The first-order valence-electron chi connectivity index (χ1n) is 11.6. The van der Waals surface area contributed by atoms with Gasteiger partial charge in [-0.2, -0.15) is 0 Å². The highest BCUT2D eigenvalue weighted by molar-refractivity contribution is 7.89. The second-order valence-corrected chi connectivity index (χ2v) is 10.8. The van der Waals surface area contributed by atoms with E-state index in [4.69, 9.17) is 0 Å². The number of likely N-dealkylation sites (tertiary alicyclic amines) is 1. The van der Waals surface area contributed by atoms with E-state index in [0.29, 0.717) is 17.8 Å². The van der Waals surface area contributed by atoms with Crippen LogP contribution in [0.2, 0.25) is 0 Å². The van der Waals surface area contributed by atoms with E-state index in [1.807, 2.05) is 0 Å². The lowest BCUT2D eigenvalue weighted by Gasteiger charge is -2.35. The van der Waals surface area contributed by atoms with Gasteiger partial charge in [0.1, 0.15) is 0 Å². The molecule has 8 nitrogen and oxygen atoms in total. The summed E-state index contributed by atoms with van der Waals surface area (Å²) in [6.45, 7) is 8.64. The van der Waals surface area contributed by atoms with Gasteiger partial charge in [0.25, 0.3) is 5.91 Å². The van der Waals surface area contributed by atoms with Crippen molar-refractivity contribution in [1.29, 1.82) is 0 Å². The van der Waals surface area contributed by atoms with Crippen molar-refractivity contribution in [3.63, 3.8) is 0 Å². The highest BCUT2D eigenvalue weighted by Gasteiger charge is 2.21. The van der Waals surface area contributed by atoms with Crippen molar-refractivity contribution in [2.45, 2.75) is 51.1 Å². The van der Waals surface area contributed by atoms with Gasteiger partial charge in [-0.05, 0) is 80.7 Å². The molecule has 2 amide bonds. The fourth-order valence-corrected chi connectivity index (χ4v) is 4.91. The standard InChI is InChI=1S/C25H34N4O4S/c1-18-12-14-29(15-13-18)19(2)16-26-25(31)22-6-4-21(5-7-22)17-27-34(32,33)24-10-8-23(9-11-24)28-20(3)30/h4-11,18-19,27H,12-17H2,1-3H3,(H,26,31)(H,28,30). The summed E-state index contributed by atoms with van der Waals surface area (Å²) in [5.41, 5.74) is 1.81. The van der Waals surface area contributed by atoms with Crippen LogP contribution in [0.1, 0.15) is 49.5 Å². The van der Waals surface area contributed by atoms with Crippen LogP contribution < -0.4 is 15.4 Å². The van der Waals surface area contributed by atoms with E-state index in [2.05, 4.69) is 34.1 Å². The van der Waals surface area contributed by atoms with Crippen LogP contribution in [0, 0.1) is 5.92 Å². The van der Waals surface area contributed by atoms with E-state index in [9.17, 15) is 18.0 Å². The number of sulfonamides is 1. The number of hydrogen-bond acceptors (Lipinski definition) is 5. The fraction of sp³-hybridized carbons (Fsp3) is 0.440. The van der Waals surface area contributed by atoms with Gasteiger partial charge in [0.2, 0.25) is 15.9 Å². The van der Waals surface area contributed by atoms with Crippen LogP contribution in [0.3, 0.4) is 0 Å². The number of anilines is 1. The van der Waals surface area contributed by atoms with Gasteiger partial charge in [0.15, 0.2) is 0 Å². The second-order valence-electron chi connectivity index (χ2n) is 9.00. The number of piperidine rings is 1. The summed E-state index contributed by atoms with van der Waals surface area (Å²) in [6, 6.07) is 13.1. The minimum Gasteiger partial charge on any atom is -0.350 e. The molecule has 0 bridgehead atoms. The first-order chi connectivity index (χ1) is 16.1. The predicted molar refractivity (Wildman–Crippen MR) is 133 cm³/mol. The number of carbonyl (C=O) groups is 2. The smallest absolute Gasteiger partial charge is 0.251 e. The summed E-state index contributed by atoms with van der Waals surface area (Å²) < 4.78 is 27.6. The molecule has 1 unspecified atom stereocenters. The molecule has 9 heteroatoms. The first kappa shape index (κ1) is 25.9. The number of nitrogens with zero attached hydrogens (tertiary/aromatic N) is 1. The normalized spacial score (nSPS) is 16.1. The molecule has 0 spiro atoms. The third-order valence-corrected chi connectivity index (χ3v) is 7.58. The maximum Gasteiger partial charge on any atom is 0.251 e. The fourth-order valence-electron chi connectivity index (χ4n) is 3.90. The van der Waals surface area contributed by atoms with Crippen LogP contribution in [0.4, 0.5) is 5.69 Å². The molecule has 2 aromatic rings. The number of nitrogens with one attached hydrogen (secondary N) is 3. The van der Waals surface area contributed by atoms with Crippen LogP contribution >= 0.6 is 0 Å². The maximum absolute atomic E-state index is 12.5. The Labute approximate surface area is 202 Å². The number of amides is 2. The zero-order valence-electron chi connectivity index (χ0n) is 20.0. The Kier molecular flexibility index (Phi) is 8.82.